The van der Waals surface area contributed by atoms with Crippen molar-refractivity contribution in [3.63, 3.8) is 0 Å². The van der Waals surface area contributed by atoms with Gasteiger partial charge in [0.25, 0.3) is 0 Å². The first kappa shape index (κ1) is 16.5. The van der Waals surface area contributed by atoms with Gasteiger partial charge in [0.2, 0.25) is 5.91 Å². The van der Waals surface area contributed by atoms with E-state index in [4.69, 9.17) is 10.5 Å². The first-order valence-electron chi connectivity index (χ1n) is 7.37. The van der Waals surface area contributed by atoms with Crippen LogP contribution in [0.3, 0.4) is 0 Å². The van der Waals surface area contributed by atoms with Gasteiger partial charge in [-0.1, -0.05) is 28.1 Å². The molecule has 1 aliphatic rings. The Bertz CT molecular complexity index is 482. The van der Waals surface area contributed by atoms with Gasteiger partial charge < -0.3 is 15.8 Å². The topological polar surface area (TPSA) is 64.3 Å². The number of nitrogens with two attached hydrogens (primary N) is 1. The van der Waals surface area contributed by atoms with Crippen molar-refractivity contribution in [2.24, 2.45) is 5.73 Å². The number of benzene rings is 1. The third kappa shape index (κ3) is 4.28. The van der Waals surface area contributed by atoms with E-state index < -0.39 is 5.54 Å². The van der Waals surface area contributed by atoms with Crippen molar-refractivity contribution in [3.05, 3.63) is 34.3 Å². The molecule has 3 atom stereocenters. The van der Waals surface area contributed by atoms with Crippen molar-refractivity contribution in [1.29, 1.82) is 0 Å². The molecule has 116 valence electrons. The van der Waals surface area contributed by atoms with Crippen molar-refractivity contribution in [2.45, 2.75) is 50.8 Å². The zero-order chi connectivity index (χ0) is 15.5. The molecule has 1 aromatic carbocycles. The van der Waals surface area contributed by atoms with E-state index in [9.17, 15) is 4.79 Å². The second kappa shape index (κ2) is 6.90. The molecule has 1 aromatic rings. The number of carbonyl (C=O) groups excluding carboxylic acids is 1. The molecule has 5 heteroatoms. The fourth-order valence-corrected chi connectivity index (χ4v) is 2.85. The van der Waals surface area contributed by atoms with Crippen molar-refractivity contribution in [3.8, 4) is 0 Å². The number of rotatable bonds is 5. The normalized spacial score (nSPS) is 22.6. The largest absolute Gasteiger partial charge is 0.378 e. The summed E-state index contributed by atoms with van der Waals surface area (Å²) in [7, 11) is 0. The van der Waals surface area contributed by atoms with Gasteiger partial charge in [-0.15, -0.1) is 0 Å². The van der Waals surface area contributed by atoms with Crippen molar-refractivity contribution in [1.82, 2.24) is 5.32 Å². The van der Waals surface area contributed by atoms with Crippen molar-refractivity contribution < 1.29 is 9.53 Å². The number of carbonyl (C=O) groups is 1. The summed E-state index contributed by atoms with van der Waals surface area (Å²) in [6, 6.07) is 7.58. The lowest BCUT2D eigenvalue weighted by molar-refractivity contribution is -0.126. The number of hydrogen-bond acceptors (Lipinski definition) is 3. The summed E-state index contributed by atoms with van der Waals surface area (Å²) in [5, 5.41) is 3.00. The maximum absolute atomic E-state index is 12.4. The number of amides is 1. The number of ether oxygens (including phenoxy) is 1. The highest BCUT2D eigenvalue weighted by atomic mass is 79.9. The SMILES string of the molecule is CC(CC1CCCO1)NC(=O)C(C)(N)c1ccc(Br)cc1. The van der Waals surface area contributed by atoms with Crippen LogP contribution in [-0.2, 0) is 15.1 Å². The average Bonchev–Trinajstić information content (AvgIpc) is 2.91. The van der Waals surface area contributed by atoms with E-state index >= 15 is 0 Å². The molecule has 2 rings (SSSR count). The van der Waals surface area contributed by atoms with E-state index in [1.165, 1.54) is 0 Å². The second-order valence-corrected chi connectivity index (χ2v) is 6.87. The monoisotopic (exact) mass is 354 g/mol. The Hall–Kier alpha value is -0.910. The lowest BCUT2D eigenvalue weighted by Crippen LogP contribution is -2.51. The zero-order valence-electron chi connectivity index (χ0n) is 12.6. The third-order valence-corrected chi connectivity index (χ3v) is 4.46. The molecule has 0 aromatic heterocycles. The van der Waals surface area contributed by atoms with E-state index in [0.717, 1.165) is 35.9 Å². The molecule has 0 radical (unpaired) electrons. The smallest absolute Gasteiger partial charge is 0.244 e. The fraction of sp³-hybridized carbons (Fsp3) is 0.562. The summed E-state index contributed by atoms with van der Waals surface area (Å²) in [4.78, 5) is 12.4. The molecule has 1 heterocycles. The fourth-order valence-electron chi connectivity index (χ4n) is 2.58. The Morgan fingerprint density at radius 1 is 1.52 bits per heavy atom. The van der Waals surface area contributed by atoms with Gasteiger partial charge in [0.1, 0.15) is 5.54 Å². The Kier molecular flexibility index (Phi) is 5.41. The molecule has 1 aliphatic heterocycles. The summed E-state index contributed by atoms with van der Waals surface area (Å²) in [6.07, 6.45) is 3.28. The van der Waals surface area contributed by atoms with Gasteiger partial charge in [-0.25, -0.2) is 0 Å². The van der Waals surface area contributed by atoms with Gasteiger partial charge >= 0.3 is 0 Å². The maximum atomic E-state index is 12.4. The predicted octanol–water partition coefficient (Wildman–Crippen LogP) is 2.70. The molecule has 4 nitrogen and oxygen atoms in total. The molecule has 0 spiro atoms. The highest BCUT2D eigenvalue weighted by Gasteiger charge is 2.31. The van der Waals surface area contributed by atoms with Crippen LogP contribution in [0.4, 0.5) is 0 Å². The van der Waals surface area contributed by atoms with Crippen LogP contribution in [-0.4, -0.2) is 24.7 Å². The quantitative estimate of drug-likeness (QED) is 0.854. The predicted molar refractivity (Wildman–Crippen MR) is 86.9 cm³/mol. The van der Waals surface area contributed by atoms with Gasteiger partial charge in [-0.3, -0.25) is 4.79 Å². The van der Waals surface area contributed by atoms with Crippen LogP contribution in [0.5, 0.6) is 0 Å². The lowest BCUT2D eigenvalue weighted by atomic mass is 9.92. The minimum Gasteiger partial charge on any atom is -0.378 e. The Morgan fingerprint density at radius 3 is 2.76 bits per heavy atom. The third-order valence-electron chi connectivity index (χ3n) is 3.93. The van der Waals surface area contributed by atoms with Crippen LogP contribution < -0.4 is 11.1 Å². The molecule has 1 fully saturated rings. The molecule has 3 N–H and O–H groups in total. The van der Waals surface area contributed by atoms with Crippen LogP contribution in [0.1, 0.15) is 38.7 Å². The summed E-state index contributed by atoms with van der Waals surface area (Å²) in [6.45, 7) is 4.57. The number of nitrogens with one attached hydrogen (secondary N) is 1. The first-order valence-corrected chi connectivity index (χ1v) is 8.16. The molecule has 1 amide bonds. The van der Waals surface area contributed by atoms with Gasteiger partial charge in [0.05, 0.1) is 6.10 Å². The van der Waals surface area contributed by atoms with Crippen molar-refractivity contribution in [2.75, 3.05) is 6.61 Å². The molecule has 0 aliphatic carbocycles. The standard InChI is InChI=1S/C16H23BrN2O2/c1-11(10-14-4-3-9-21-14)19-15(20)16(2,18)12-5-7-13(17)8-6-12/h5-8,11,14H,3-4,9-10,18H2,1-2H3,(H,19,20). The van der Waals surface area contributed by atoms with Gasteiger partial charge in [0.15, 0.2) is 0 Å². The summed E-state index contributed by atoms with van der Waals surface area (Å²) >= 11 is 3.38. The van der Waals surface area contributed by atoms with Gasteiger partial charge in [0, 0.05) is 17.1 Å². The van der Waals surface area contributed by atoms with E-state index in [1.54, 1.807) is 6.92 Å². The van der Waals surface area contributed by atoms with Crippen LogP contribution >= 0.6 is 15.9 Å². The Balaban J connectivity index is 1.95. The van der Waals surface area contributed by atoms with Crippen LogP contribution in [0, 0.1) is 0 Å². The summed E-state index contributed by atoms with van der Waals surface area (Å²) < 4.78 is 6.57. The molecule has 21 heavy (non-hydrogen) atoms. The average molecular weight is 355 g/mol. The van der Waals surface area contributed by atoms with Crippen LogP contribution in [0.15, 0.2) is 28.7 Å². The minimum atomic E-state index is -1.04. The number of halogens is 1. The molecule has 0 saturated carbocycles. The van der Waals surface area contributed by atoms with Gasteiger partial charge in [-0.05, 0) is 50.8 Å². The lowest BCUT2D eigenvalue weighted by Gasteiger charge is -2.27. The van der Waals surface area contributed by atoms with Crippen LogP contribution in [0.25, 0.3) is 0 Å². The highest BCUT2D eigenvalue weighted by molar-refractivity contribution is 9.10. The first-order chi connectivity index (χ1) is 9.89. The van der Waals surface area contributed by atoms with E-state index in [1.807, 2.05) is 31.2 Å². The molecular weight excluding hydrogens is 332 g/mol. The van der Waals surface area contributed by atoms with E-state index in [2.05, 4.69) is 21.2 Å². The molecule has 0 bridgehead atoms. The minimum absolute atomic E-state index is 0.0546. The molecule has 3 unspecified atom stereocenters. The molecule has 1 saturated heterocycles. The van der Waals surface area contributed by atoms with Gasteiger partial charge in [-0.2, -0.15) is 0 Å². The van der Waals surface area contributed by atoms with E-state index in [0.29, 0.717) is 0 Å². The molecular formula is C16H23BrN2O2. The second-order valence-electron chi connectivity index (χ2n) is 5.95. The maximum Gasteiger partial charge on any atom is 0.244 e. The Labute approximate surface area is 134 Å². The summed E-state index contributed by atoms with van der Waals surface area (Å²) in [5.74, 6) is -0.157. The van der Waals surface area contributed by atoms with Crippen molar-refractivity contribution >= 4 is 21.8 Å². The highest BCUT2D eigenvalue weighted by Crippen LogP contribution is 2.22. The Morgan fingerprint density at radius 2 is 2.19 bits per heavy atom. The summed E-state index contributed by atoms with van der Waals surface area (Å²) in [5.41, 5.74) is 5.99. The van der Waals surface area contributed by atoms with E-state index in [-0.39, 0.29) is 18.1 Å². The number of hydrogen-bond donors (Lipinski definition) is 2. The zero-order valence-corrected chi connectivity index (χ0v) is 14.2. The van der Waals surface area contributed by atoms with Crippen LogP contribution in [0.2, 0.25) is 0 Å².